The van der Waals surface area contributed by atoms with Gasteiger partial charge in [-0.25, -0.2) is 8.42 Å². The van der Waals surface area contributed by atoms with Gasteiger partial charge in [-0.05, 0) is 43.0 Å². The first-order chi connectivity index (χ1) is 10.7. The first-order valence-corrected chi connectivity index (χ1v) is 10.2. The van der Waals surface area contributed by atoms with Crippen LogP contribution in [0.25, 0.3) is 10.1 Å². The molecule has 0 aliphatic carbocycles. The summed E-state index contributed by atoms with van der Waals surface area (Å²) in [6.07, 6.45) is 3.13. The number of nitrogens with zero attached hydrogens (tertiary/aromatic N) is 1. The van der Waals surface area contributed by atoms with Gasteiger partial charge in [0, 0.05) is 17.8 Å². The van der Waals surface area contributed by atoms with Gasteiger partial charge in [-0.2, -0.15) is 0 Å². The van der Waals surface area contributed by atoms with Crippen LogP contribution in [-0.4, -0.2) is 33.7 Å². The fraction of sp³-hybridized carbons (Fsp3) is 0.438. The van der Waals surface area contributed by atoms with E-state index in [0.717, 1.165) is 22.9 Å². The van der Waals surface area contributed by atoms with Crippen LogP contribution < -0.4 is 9.62 Å². The summed E-state index contributed by atoms with van der Waals surface area (Å²) in [4.78, 5) is 12.9. The zero-order valence-corrected chi connectivity index (χ0v) is 15.4. The van der Waals surface area contributed by atoms with Crippen molar-refractivity contribution in [3.8, 4) is 0 Å². The summed E-state index contributed by atoms with van der Waals surface area (Å²) in [6, 6.07) is 7.35. The standard InChI is InChI=1S/C16H22N2O3S2/c1-5-6-11(2)17-16(19)15-10-12-9-13(7-8-14(12)22-15)18(3)23(4,20)21/h7-11H,5-6H2,1-4H3,(H,17,19)/t11-/m0/s1. The summed E-state index contributed by atoms with van der Waals surface area (Å²) in [5.74, 6) is -0.0785. The maximum atomic E-state index is 12.3. The number of anilines is 1. The van der Waals surface area contributed by atoms with Crippen LogP contribution in [0, 0.1) is 0 Å². The van der Waals surface area contributed by atoms with E-state index in [1.807, 2.05) is 19.1 Å². The minimum Gasteiger partial charge on any atom is -0.349 e. The third-order valence-electron chi connectivity index (χ3n) is 3.68. The van der Waals surface area contributed by atoms with E-state index < -0.39 is 10.0 Å². The lowest BCUT2D eigenvalue weighted by atomic mass is 10.2. The Morgan fingerprint density at radius 2 is 2.04 bits per heavy atom. The molecule has 2 rings (SSSR count). The summed E-state index contributed by atoms with van der Waals surface area (Å²) in [5, 5.41) is 3.86. The Morgan fingerprint density at radius 3 is 2.65 bits per heavy atom. The molecule has 126 valence electrons. The fourth-order valence-corrected chi connectivity index (χ4v) is 3.77. The minimum absolute atomic E-state index is 0.0785. The summed E-state index contributed by atoms with van der Waals surface area (Å²) in [7, 11) is -1.78. The van der Waals surface area contributed by atoms with Crippen molar-refractivity contribution < 1.29 is 13.2 Å². The molecule has 7 heteroatoms. The lowest BCUT2D eigenvalue weighted by molar-refractivity contribution is 0.0942. The van der Waals surface area contributed by atoms with E-state index in [1.54, 1.807) is 12.1 Å². The number of fused-ring (bicyclic) bond motifs is 1. The second kappa shape index (κ2) is 6.88. The summed E-state index contributed by atoms with van der Waals surface area (Å²) < 4.78 is 25.4. The molecule has 0 spiro atoms. The van der Waals surface area contributed by atoms with Crippen molar-refractivity contribution in [1.82, 2.24) is 5.32 Å². The Balaban J connectivity index is 2.27. The lowest BCUT2D eigenvalue weighted by Gasteiger charge is -2.16. The Morgan fingerprint density at radius 1 is 1.35 bits per heavy atom. The third-order valence-corrected chi connectivity index (χ3v) is 6.00. The van der Waals surface area contributed by atoms with E-state index >= 15 is 0 Å². The average Bonchev–Trinajstić information content (AvgIpc) is 2.88. The Hall–Kier alpha value is -1.60. The Labute approximate surface area is 141 Å². The SMILES string of the molecule is CCC[C@H](C)NC(=O)c1cc2cc(N(C)S(C)(=O)=O)ccc2s1. The number of nitrogens with one attached hydrogen (secondary N) is 1. The number of rotatable bonds is 6. The van der Waals surface area contributed by atoms with Crippen LogP contribution in [0.15, 0.2) is 24.3 Å². The van der Waals surface area contributed by atoms with Crippen molar-refractivity contribution >= 4 is 43.0 Å². The van der Waals surface area contributed by atoms with Crippen LogP contribution in [0.1, 0.15) is 36.4 Å². The van der Waals surface area contributed by atoms with Crippen LogP contribution in [0.2, 0.25) is 0 Å². The van der Waals surface area contributed by atoms with Crippen molar-refractivity contribution in [2.24, 2.45) is 0 Å². The van der Waals surface area contributed by atoms with Crippen molar-refractivity contribution in [2.75, 3.05) is 17.6 Å². The number of sulfonamides is 1. The second-order valence-corrected chi connectivity index (χ2v) is 8.82. The highest BCUT2D eigenvalue weighted by atomic mass is 32.2. The predicted molar refractivity (Wildman–Crippen MR) is 96.9 cm³/mol. The number of hydrogen-bond acceptors (Lipinski definition) is 4. The van der Waals surface area contributed by atoms with E-state index in [0.29, 0.717) is 10.6 Å². The van der Waals surface area contributed by atoms with E-state index in [4.69, 9.17) is 0 Å². The smallest absolute Gasteiger partial charge is 0.261 e. The zero-order valence-electron chi connectivity index (χ0n) is 13.8. The van der Waals surface area contributed by atoms with Crippen LogP contribution in [0.3, 0.4) is 0 Å². The Kier molecular flexibility index (Phi) is 5.31. The highest BCUT2D eigenvalue weighted by Gasteiger charge is 2.15. The molecule has 0 saturated carbocycles. The average molecular weight is 354 g/mol. The number of amides is 1. The van der Waals surface area contributed by atoms with Gasteiger partial charge in [0.05, 0.1) is 16.8 Å². The highest BCUT2D eigenvalue weighted by Crippen LogP contribution is 2.30. The first kappa shape index (κ1) is 17.7. The molecule has 0 bridgehead atoms. The monoisotopic (exact) mass is 354 g/mol. The molecular formula is C16H22N2O3S2. The van der Waals surface area contributed by atoms with Crippen LogP contribution in [0.4, 0.5) is 5.69 Å². The van der Waals surface area contributed by atoms with Crippen molar-refractivity contribution in [2.45, 2.75) is 32.7 Å². The predicted octanol–water partition coefficient (Wildman–Crippen LogP) is 3.22. The Bertz CT molecular complexity index is 812. The molecule has 0 aliphatic rings. The summed E-state index contributed by atoms with van der Waals surface area (Å²) >= 11 is 1.41. The maximum Gasteiger partial charge on any atom is 0.261 e. The van der Waals surface area contributed by atoms with Gasteiger partial charge >= 0.3 is 0 Å². The summed E-state index contributed by atoms with van der Waals surface area (Å²) in [6.45, 7) is 4.08. The minimum atomic E-state index is -3.30. The van der Waals surface area contributed by atoms with Crippen LogP contribution >= 0.6 is 11.3 Å². The lowest BCUT2D eigenvalue weighted by Crippen LogP contribution is -2.31. The molecule has 0 radical (unpaired) electrons. The molecule has 1 heterocycles. The van der Waals surface area contributed by atoms with Gasteiger partial charge in [-0.15, -0.1) is 11.3 Å². The topological polar surface area (TPSA) is 66.5 Å². The van der Waals surface area contributed by atoms with E-state index in [-0.39, 0.29) is 11.9 Å². The van der Waals surface area contributed by atoms with Gasteiger partial charge in [0.25, 0.3) is 5.91 Å². The van der Waals surface area contributed by atoms with Crippen molar-refractivity contribution in [1.29, 1.82) is 0 Å². The van der Waals surface area contributed by atoms with Gasteiger partial charge in [0.2, 0.25) is 10.0 Å². The molecule has 5 nitrogen and oxygen atoms in total. The first-order valence-electron chi connectivity index (χ1n) is 7.50. The number of carbonyl (C=O) groups excluding carboxylic acids is 1. The zero-order chi connectivity index (χ0) is 17.2. The van der Waals surface area contributed by atoms with Gasteiger partial charge in [-0.1, -0.05) is 13.3 Å². The maximum absolute atomic E-state index is 12.3. The third kappa shape index (κ3) is 4.23. The molecule has 1 atom stereocenters. The molecule has 0 fully saturated rings. The number of thiophene rings is 1. The molecule has 2 aromatic rings. The molecule has 0 saturated heterocycles. The second-order valence-electron chi connectivity index (χ2n) is 5.73. The van der Waals surface area contributed by atoms with Gasteiger partial charge in [0.15, 0.2) is 0 Å². The van der Waals surface area contributed by atoms with E-state index in [1.165, 1.54) is 28.9 Å². The molecule has 0 unspecified atom stereocenters. The fourth-order valence-electron chi connectivity index (χ4n) is 2.33. The molecule has 0 aliphatic heterocycles. The quantitative estimate of drug-likeness (QED) is 0.866. The number of benzene rings is 1. The van der Waals surface area contributed by atoms with E-state index in [9.17, 15) is 13.2 Å². The molecular weight excluding hydrogens is 332 g/mol. The highest BCUT2D eigenvalue weighted by molar-refractivity contribution is 7.92. The molecule has 1 amide bonds. The van der Waals surface area contributed by atoms with Crippen molar-refractivity contribution in [3.63, 3.8) is 0 Å². The van der Waals surface area contributed by atoms with E-state index in [2.05, 4.69) is 12.2 Å². The number of hydrogen-bond donors (Lipinski definition) is 1. The normalized spacial score (nSPS) is 13.0. The molecule has 23 heavy (non-hydrogen) atoms. The van der Waals surface area contributed by atoms with Gasteiger partial charge < -0.3 is 5.32 Å². The van der Waals surface area contributed by atoms with Gasteiger partial charge in [0.1, 0.15) is 0 Å². The van der Waals surface area contributed by atoms with Crippen LogP contribution in [0.5, 0.6) is 0 Å². The largest absolute Gasteiger partial charge is 0.349 e. The molecule has 1 aromatic heterocycles. The molecule has 1 aromatic carbocycles. The van der Waals surface area contributed by atoms with Gasteiger partial charge in [-0.3, -0.25) is 9.10 Å². The molecule has 1 N–H and O–H groups in total. The van der Waals surface area contributed by atoms with Crippen molar-refractivity contribution in [3.05, 3.63) is 29.1 Å². The summed E-state index contributed by atoms with van der Waals surface area (Å²) in [5.41, 5.74) is 0.587. The van der Waals surface area contributed by atoms with Crippen LogP contribution in [-0.2, 0) is 10.0 Å². The number of carbonyl (C=O) groups is 1.